The summed E-state index contributed by atoms with van der Waals surface area (Å²) in [6.07, 6.45) is 1.09. The van der Waals surface area contributed by atoms with Crippen molar-refractivity contribution in [3.63, 3.8) is 0 Å². The fraction of sp³-hybridized carbons (Fsp3) is 0.857. The second-order valence-electron chi connectivity index (χ2n) is 2.76. The highest BCUT2D eigenvalue weighted by Crippen LogP contribution is 1.99. The van der Waals surface area contributed by atoms with Crippen LogP contribution in [0.2, 0.25) is 0 Å². The van der Waals surface area contributed by atoms with Crippen molar-refractivity contribution >= 4 is 30.7 Å². The molecule has 1 amide bonds. The van der Waals surface area contributed by atoms with Gasteiger partial charge >= 0.3 is 0 Å². The van der Waals surface area contributed by atoms with Crippen LogP contribution >= 0.6 is 24.8 Å². The van der Waals surface area contributed by atoms with Crippen LogP contribution in [0.1, 0.15) is 13.3 Å². The van der Waals surface area contributed by atoms with Crippen LogP contribution < -0.4 is 5.32 Å². The van der Waals surface area contributed by atoms with Gasteiger partial charge in [0.1, 0.15) is 0 Å². The predicted octanol–water partition coefficient (Wildman–Crippen LogP) is 0.670. The Balaban J connectivity index is 0. The maximum absolute atomic E-state index is 10.9. The van der Waals surface area contributed by atoms with E-state index in [1.165, 1.54) is 0 Å². The number of nitrogens with one attached hydrogen (secondary N) is 1. The van der Waals surface area contributed by atoms with Crippen molar-refractivity contribution < 1.29 is 4.79 Å². The van der Waals surface area contributed by atoms with Gasteiger partial charge in [-0.3, -0.25) is 4.79 Å². The monoisotopic (exact) mass is 214 g/mol. The molecule has 1 saturated heterocycles. The van der Waals surface area contributed by atoms with Gasteiger partial charge in [-0.2, -0.15) is 0 Å². The number of halogens is 2. The number of piperazine rings is 1. The van der Waals surface area contributed by atoms with Gasteiger partial charge in [0.25, 0.3) is 0 Å². The van der Waals surface area contributed by atoms with Gasteiger partial charge in [0.2, 0.25) is 5.91 Å². The Bertz CT molecular complexity index is 143. The molecule has 0 radical (unpaired) electrons. The Kier molecular flexibility index (Phi) is 7.89. The highest BCUT2D eigenvalue weighted by atomic mass is 35.5. The standard InChI is InChI=1S/C7H14N2O.2ClH/c1-3-6-5-9(2)7(10)4-8-6;;/h6,8H,3-5H2,1-2H3;2*1H/t6-;;/m0../s1. The predicted molar refractivity (Wildman–Crippen MR) is 54.2 cm³/mol. The Hall–Kier alpha value is 0.01000. The SMILES string of the molecule is CC[C@H]1CN(C)C(=O)CN1.Cl.Cl. The normalized spacial score (nSPS) is 22.7. The Morgan fingerprint density at radius 3 is 2.58 bits per heavy atom. The van der Waals surface area contributed by atoms with Gasteiger partial charge in [0, 0.05) is 19.6 Å². The molecule has 1 aliphatic heterocycles. The van der Waals surface area contributed by atoms with Crippen LogP contribution in [0.3, 0.4) is 0 Å². The zero-order chi connectivity index (χ0) is 7.56. The third-order valence-corrected chi connectivity index (χ3v) is 1.95. The van der Waals surface area contributed by atoms with E-state index in [0.29, 0.717) is 12.6 Å². The molecule has 5 heteroatoms. The summed E-state index contributed by atoms with van der Waals surface area (Å²) in [5, 5.41) is 3.16. The summed E-state index contributed by atoms with van der Waals surface area (Å²) in [5.74, 6) is 0.199. The van der Waals surface area contributed by atoms with Crippen LogP contribution in [0, 0.1) is 0 Å². The van der Waals surface area contributed by atoms with Crippen molar-refractivity contribution in [2.75, 3.05) is 20.1 Å². The molecular formula is C7H16Cl2N2O. The lowest BCUT2D eigenvalue weighted by atomic mass is 10.2. The molecule has 12 heavy (non-hydrogen) atoms. The molecule has 0 aromatic rings. The van der Waals surface area contributed by atoms with Crippen LogP contribution in [0.5, 0.6) is 0 Å². The van der Waals surface area contributed by atoms with Crippen LogP contribution in [-0.4, -0.2) is 37.0 Å². The number of hydrogen-bond acceptors (Lipinski definition) is 2. The van der Waals surface area contributed by atoms with Crippen molar-refractivity contribution in [1.29, 1.82) is 0 Å². The number of nitrogens with zero attached hydrogens (tertiary/aromatic N) is 1. The minimum absolute atomic E-state index is 0. The smallest absolute Gasteiger partial charge is 0.236 e. The van der Waals surface area contributed by atoms with E-state index in [2.05, 4.69) is 12.2 Å². The van der Waals surface area contributed by atoms with Crippen molar-refractivity contribution in [2.45, 2.75) is 19.4 Å². The van der Waals surface area contributed by atoms with Gasteiger partial charge in [0.15, 0.2) is 0 Å². The molecule has 1 atom stereocenters. The summed E-state index contributed by atoms with van der Waals surface area (Å²) < 4.78 is 0. The first-order chi connectivity index (χ1) is 4.74. The molecule has 1 N–H and O–H groups in total. The largest absolute Gasteiger partial charge is 0.343 e. The van der Waals surface area contributed by atoms with Gasteiger partial charge in [-0.25, -0.2) is 0 Å². The van der Waals surface area contributed by atoms with Gasteiger partial charge in [-0.15, -0.1) is 24.8 Å². The van der Waals surface area contributed by atoms with Crippen LogP contribution in [-0.2, 0) is 4.79 Å². The van der Waals surface area contributed by atoms with E-state index in [4.69, 9.17) is 0 Å². The van der Waals surface area contributed by atoms with Gasteiger partial charge in [-0.05, 0) is 6.42 Å². The molecule has 0 bridgehead atoms. The summed E-state index contributed by atoms with van der Waals surface area (Å²) in [7, 11) is 1.85. The van der Waals surface area contributed by atoms with E-state index >= 15 is 0 Å². The van der Waals surface area contributed by atoms with Gasteiger partial charge in [-0.1, -0.05) is 6.92 Å². The fourth-order valence-electron chi connectivity index (χ4n) is 1.14. The van der Waals surface area contributed by atoms with Crippen LogP contribution in [0.4, 0.5) is 0 Å². The van der Waals surface area contributed by atoms with E-state index in [9.17, 15) is 4.79 Å². The summed E-state index contributed by atoms with van der Waals surface area (Å²) in [6.45, 7) is 3.49. The lowest BCUT2D eigenvalue weighted by molar-refractivity contribution is -0.131. The van der Waals surface area contributed by atoms with Crippen molar-refractivity contribution in [3.8, 4) is 0 Å². The number of rotatable bonds is 1. The van der Waals surface area contributed by atoms with E-state index in [0.717, 1.165) is 13.0 Å². The molecule has 0 aliphatic carbocycles. The lowest BCUT2D eigenvalue weighted by Crippen LogP contribution is -2.52. The second kappa shape index (κ2) is 6.52. The average Bonchev–Trinajstić information content (AvgIpc) is 1.95. The molecule has 1 rings (SSSR count). The fourth-order valence-corrected chi connectivity index (χ4v) is 1.14. The first-order valence-electron chi connectivity index (χ1n) is 3.71. The minimum atomic E-state index is 0. The Morgan fingerprint density at radius 1 is 1.58 bits per heavy atom. The number of carbonyl (C=O) groups excluding carboxylic acids is 1. The third-order valence-electron chi connectivity index (χ3n) is 1.95. The molecule has 3 nitrogen and oxygen atoms in total. The maximum atomic E-state index is 10.9. The lowest BCUT2D eigenvalue weighted by Gasteiger charge is -2.29. The molecule has 0 aromatic heterocycles. The van der Waals surface area contributed by atoms with E-state index in [-0.39, 0.29) is 30.7 Å². The molecule has 1 aliphatic rings. The van der Waals surface area contributed by atoms with E-state index < -0.39 is 0 Å². The van der Waals surface area contributed by atoms with Gasteiger partial charge in [0.05, 0.1) is 6.54 Å². The zero-order valence-corrected chi connectivity index (χ0v) is 9.00. The van der Waals surface area contributed by atoms with E-state index in [1.54, 1.807) is 4.90 Å². The highest BCUT2D eigenvalue weighted by Gasteiger charge is 2.19. The topological polar surface area (TPSA) is 32.3 Å². The van der Waals surface area contributed by atoms with Crippen molar-refractivity contribution in [2.24, 2.45) is 0 Å². The van der Waals surface area contributed by atoms with Crippen LogP contribution in [0.15, 0.2) is 0 Å². The first-order valence-corrected chi connectivity index (χ1v) is 3.71. The summed E-state index contributed by atoms with van der Waals surface area (Å²) in [5.41, 5.74) is 0. The molecule has 0 saturated carbocycles. The Morgan fingerprint density at radius 2 is 2.17 bits per heavy atom. The van der Waals surface area contributed by atoms with Crippen molar-refractivity contribution in [1.82, 2.24) is 10.2 Å². The third kappa shape index (κ3) is 3.61. The minimum Gasteiger partial charge on any atom is -0.343 e. The number of carbonyl (C=O) groups is 1. The maximum Gasteiger partial charge on any atom is 0.236 e. The molecule has 74 valence electrons. The average molecular weight is 215 g/mol. The Labute approximate surface area is 85.7 Å². The summed E-state index contributed by atoms with van der Waals surface area (Å²) >= 11 is 0. The number of amides is 1. The molecule has 1 fully saturated rings. The molecule has 0 unspecified atom stereocenters. The molecule has 1 heterocycles. The van der Waals surface area contributed by atoms with Gasteiger partial charge < -0.3 is 10.2 Å². The number of hydrogen-bond donors (Lipinski definition) is 1. The highest BCUT2D eigenvalue weighted by molar-refractivity contribution is 5.85. The van der Waals surface area contributed by atoms with Crippen LogP contribution in [0.25, 0.3) is 0 Å². The van der Waals surface area contributed by atoms with Crippen molar-refractivity contribution in [3.05, 3.63) is 0 Å². The summed E-state index contributed by atoms with van der Waals surface area (Å²) in [6, 6.07) is 0.502. The second-order valence-corrected chi connectivity index (χ2v) is 2.76. The molecule has 0 spiro atoms. The van der Waals surface area contributed by atoms with E-state index in [1.807, 2.05) is 7.05 Å². The molecular weight excluding hydrogens is 199 g/mol. The number of likely N-dealkylation sites (N-methyl/N-ethyl adjacent to an activating group) is 1. The zero-order valence-electron chi connectivity index (χ0n) is 7.37. The molecule has 0 aromatic carbocycles. The quantitative estimate of drug-likeness (QED) is 0.697. The summed E-state index contributed by atoms with van der Waals surface area (Å²) in [4.78, 5) is 12.7. The first kappa shape index (κ1) is 14.5.